The van der Waals surface area contributed by atoms with E-state index in [1.165, 1.54) is 122 Å². The highest BCUT2D eigenvalue weighted by Gasteiger charge is 2.17. The fourth-order valence-electron chi connectivity index (χ4n) is 7.89. The second-order valence-corrected chi connectivity index (χ2v) is 19.2. The van der Waals surface area contributed by atoms with Crippen LogP contribution in [-0.4, -0.2) is 37.9 Å². The molecule has 0 bridgehead atoms. The fourth-order valence-corrected chi connectivity index (χ4v) is 7.89. The van der Waals surface area contributed by atoms with Crippen molar-refractivity contribution >= 4 is 11.9 Å². The molecule has 0 aromatic heterocycles. The van der Waals surface area contributed by atoms with Gasteiger partial charge in [0.15, 0.2) is 6.10 Å². The van der Waals surface area contributed by atoms with Gasteiger partial charge in [-0.1, -0.05) is 233 Å². The van der Waals surface area contributed by atoms with Gasteiger partial charge >= 0.3 is 11.9 Å². The van der Waals surface area contributed by atoms with Gasteiger partial charge in [0.2, 0.25) is 0 Å². The van der Waals surface area contributed by atoms with E-state index in [0.717, 1.165) is 109 Å². The predicted molar refractivity (Wildman–Crippen MR) is 306 cm³/mol. The third-order valence-electron chi connectivity index (χ3n) is 12.3. The van der Waals surface area contributed by atoms with E-state index in [1.54, 1.807) is 0 Å². The molecule has 0 spiro atoms. The molecule has 5 nitrogen and oxygen atoms in total. The smallest absolute Gasteiger partial charge is 0.306 e. The Balaban J connectivity index is 4.37. The summed E-state index contributed by atoms with van der Waals surface area (Å²) < 4.78 is 17.5. The number of carbonyl (C=O) groups is 2. The summed E-state index contributed by atoms with van der Waals surface area (Å²) in [6.45, 7) is 7.61. The minimum atomic E-state index is -0.564. The molecule has 0 aromatic carbocycles. The van der Waals surface area contributed by atoms with Crippen LogP contribution in [0.2, 0.25) is 0 Å². The van der Waals surface area contributed by atoms with Gasteiger partial charge in [0.1, 0.15) is 6.61 Å². The molecule has 1 unspecified atom stereocenters. The van der Waals surface area contributed by atoms with Crippen LogP contribution in [0.15, 0.2) is 109 Å². The highest BCUT2D eigenvalue weighted by Crippen LogP contribution is 2.14. The molecule has 0 aromatic rings. The maximum Gasteiger partial charge on any atom is 0.306 e. The van der Waals surface area contributed by atoms with Gasteiger partial charge in [-0.2, -0.15) is 0 Å². The van der Waals surface area contributed by atoms with Gasteiger partial charge in [-0.15, -0.1) is 0 Å². The monoisotopic (exact) mass is 971 g/mol. The zero-order chi connectivity index (χ0) is 50.6. The Morgan fingerprint density at radius 1 is 0.329 bits per heavy atom. The minimum absolute atomic E-state index is 0.0618. The average molecular weight is 972 g/mol. The molecule has 0 aliphatic heterocycles. The molecule has 0 rings (SSSR count). The normalized spacial score (nSPS) is 13.0. The van der Waals surface area contributed by atoms with Crippen LogP contribution < -0.4 is 0 Å². The lowest BCUT2D eigenvalue weighted by Crippen LogP contribution is -2.30. The molecule has 400 valence electrons. The van der Waals surface area contributed by atoms with Gasteiger partial charge in [-0.25, -0.2) is 0 Å². The Labute approximate surface area is 434 Å². The summed E-state index contributed by atoms with van der Waals surface area (Å²) in [5.41, 5.74) is 0. The summed E-state index contributed by atoms with van der Waals surface area (Å²) in [6.07, 6.45) is 82.5. The van der Waals surface area contributed by atoms with Crippen LogP contribution in [0.4, 0.5) is 0 Å². The summed E-state index contributed by atoms with van der Waals surface area (Å²) >= 11 is 0. The van der Waals surface area contributed by atoms with Crippen LogP contribution in [0, 0.1) is 0 Å². The van der Waals surface area contributed by atoms with Crippen molar-refractivity contribution in [1.82, 2.24) is 0 Å². The molecular formula is C65H110O5. The topological polar surface area (TPSA) is 61.8 Å². The summed E-state index contributed by atoms with van der Waals surface area (Å²) in [5.74, 6) is -0.431. The molecule has 1 atom stereocenters. The molecule has 0 fully saturated rings. The van der Waals surface area contributed by atoms with E-state index in [-0.39, 0.29) is 25.2 Å². The second-order valence-electron chi connectivity index (χ2n) is 19.2. The van der Waals surface area contributed by atoms with Crippen molar-refractivity contribution < 1.29 is 23.8 Å². The number of ether oxygens (including phenoxy) is 3. The van der Waals surface area contributed by atoms with Gasteiger partial charge in [-0.05, 0) is 128 Å². The number of hydrogen-bond donors (Lipinski definition) is 0. The van der Waals surface area contributed by atoms with E-state index in [2.05, 4.69) is 130 Å². The number of hydrogen-bond acceptors (Lipinski definition) is 5. The van der Waals surface area contributed by atoms with Gasteiger partial charge in [0.25, 0.3) is 0 Å². The number of unbranched alkanes of at least 4 members (excludes halogenated alkanes) is 24. The summed E-state index contributed by atoms with van der Waals surface area (Å²) in [7, 11) is 0. The minimum Gasteiger partial charge on any atom is -0.462 e. The van der Waals surface area contributed by atoms with Gasteiger partial charge < -0.3 is 14.2 Å². The molecule has 0 radical (unpaired) electrons. The summed E-state index contributed by atoms with van der Waals surface area (Å²) in [5, 5.41) is 0. The van der Waals surface area contributed by atoms with Crippen LogP contribution in [0.3, 0.4) is 0 Å². The fraction of sp³-hybridized carbons (Fsp3) is 0.692. The maximum absolute atomic E-state index is 12.9. The molecule has 5 heteroatoms. The van der Waals surface area contributed by atoms with Crippen LogP contribution in [0.5, 0.6) is 0 Å². The molecule has 0 aliphatic carbocycles. The van der Waals surface area contributed by atoms with Crippen molar-refractivity contribution in [2.75, 3.05) is 19.8 Å². The van der Waals surface area contributed by atoms with Crippen LogP contribution in [-0.2, 0) is 23.8 Å². The highest BCUT2D eigenvalue weighted by molar-refractivity contribution is 5.70. The van der Waals surface area contributed by atoms with Crippen molar-refractivity contribution in [3.05, 3.63) is 109 Å². The van der Waals surface area contributed by atoms with Crippen LogP contribution in [0.25, 0.3) is 0 Å². The van der Waals surface area contributed by atoms with Crippen LogP contribution >= 0.6 is 0 Å². The second kappa shape index (κ2) is 59.9. The maximum atomic E-state index is 12.9. The number of esters is 2. The zero-order valence-electron chi connectivity index (χ0n) is 46.0. The molecule has 0 saturated heterocycles. The van der Waals surface area contributed by atoms with E-state index < -0.39 is 6.10 Å². The first-order valence-corrected chi connectivity index (χ1v) is 29.4. The van der Waals surface area contributed by atoms with Crippen LogP contribution in [0.1, 0.15) is 265 Å². The Morgan fingerprint density at radius 3 is 1.03 bits per heavy atom. The SMILES string of the molecule is CC/C=C\C/C=C\C/C=C\C/C=C\CCCCCCCOCC(COC(=O)CCCCCCCC/C=C\C/C=C\C/C=C\CCCCC)OC(=O)CCCCCCCCC/C=C\C/C=C\CCCCC. The van der Waals surface area contributed by atoms with E-state index in [9.17, 15) is 9.59 Å². The quantitative estimate of drug-likeness (QED) is 0.0345. The van der Waals surface area contributed by atoms with Crippen molar-refractivity contribution in [1.29, 1.82) is 0 Å². The Morgan fingerprint density at radius 2 is 0.643 bits per heavy atom. The lowest BCUT2D eigenvalue weighted by atomic mass is 10.1. The number of rotatable bonds is 53. The Bertz CT molecular complexity index is 1380. The summed E-state index contributed by atoms with van der Waals surface area (Å²) in [4.78, 5) is 25.6. The highest BCUT2D eigenvalue weighted by atomic mass is 16.6. The molecule has 0 saturated carbocycles. The third-order valence-corrected chi connectivity index (χ3v) is 12.3. The van der Waals surface area contributed by atoms with E-state index in [4.69, 9.17) is 14.2 Å². The van der Waals surface area contributed by atoms with E-state index in [0.29, 0.717) is 19.4 Å². The standard InChI is InChI=1S/C65H110O5/c1-4-7-10-13-16-19-22-25-28-31-33-35-37-40-43-46-49-52-55-58-64(66)69-62-63(61-68-60-57-54-51-48-45-42-39-36-32-29-26-23-20-17-14-11-8-5-2)70-65(67)59-56-53-50-47-44-41-38-34-30-27-24-21-18-15-12-9-6-3/h8,11,16-21,25-30,33,35-36,39,63H,4-7,9-10,12-15,22-24,31-32,34,37-38,40-62H2,1-3H3/b11-8-,19-16-,20-17-,21-18-,28-25-,29-26-,30-27-,35-33-,39-36-. The zero-order valence-corrected chi connectivity index (χ0v) is 46.0. The first kappa shape index (κ1) is 66.6. The van der Waals surface area contributed by atoms with Crippen molar-refractivity contribution in [2.24, 2.45) is 0 Å². The van der Waals surface area contributed by atoms with E-state index >= 15 is 0 Å². The first-order chi connectivity index (χ1) is 34.6. The lowest BCUT2D eigenvalue weighted by molar-refractivity contribution is -0.163. The third kappa shape index (κ3) is 57.1. The first-order valence-electron chi connectivity index (χ1n) is 29.4. The average Bonchev–Trinajstić information content (AvgIpc) is 3.36. The van der Waals surface area contributed by atoms with Crippen molar-refractivity contribution in [3.8, 4) is 0 Å². The molecule has 0 heterocycles. The predicted octanol–water partition coefficient (Wildman–Crippen LogP) is 20.3. The molecule has 0 amide bonds. The number of carbonyl (C=O) groups excluding carboxylic acids is 2. The largest absolute Gasteiger partial charge is 0.462 e. The van der Waals surface area contributed by atoms with Crippen molar-refractivity contribution in [2.45, 2.75) is 271 Å². The molecule has 0 aliphatic rings. The molecule has 70 heavy (non-hydrogen) atoms. The lowest BCUT2D eigenvalue weighted by Gasteiger charge is -2.18. The number of allylic oxidation sites excluding steroid dienone is 18. The molecular weight excluding hydrogens is 861 g/mol. The molecule has 0 N–H and O–H groups in total. The van der Waals surface area contributed by atoms with Gasteiger partial charge in [0.05, 0.1) is 6.61 Å². The Kier molecular flexibility index (Phi) is 56.9. The van der Waals surface area contributed by atoms with Gasteiger partial charge in [0, 0.05) is 19.4 Å². The Hall–Kier alpha value is -3.44. The van der Waals surface area contributed by atoms with Crippen molar-refractivity contribution in [3.63, 3.8) is 0 Å². The van der Waals surface area contributed by atoms with E-state index in [1.807, 2.05) is 0 Å². The van der Waals surface area contributed by atoms with Gasteiger partial charge in [-0.3, -0.25) is 9.59 Å². The summed E-state index contributed by atoms with van der Waals surface area (Å²) in [6, 6.07) is 0.